The van der Waals surface area contributed by atoms with E-state index in [1.165, 1.54) is 5.69 Å². The van der Waals surface area contributed by atoms with Gasteiger partial charge in [-0.1, -0.05) is 36.4 Å². The summed E-state index contributed by atoms with van der Waals surface area (Å²) in [5.74, 6) is 0. The molecule has 140 valence electrons. The fourth-order valence-corrected chi connectivity index (χ4v) is 3.94. The zero-order chi connectivity index (χ0) is 19.0. The van der Waals surface area contributed by atoms with Crippen LogP contribution >= 0.6 is 0 Å². The molecular formula is C22H26N4O. The standard InChI is InChI=1S/C22H26N4O/c1-22(2,3)26-20-13-7-12-19(17(20)14-23-26)25-21(27)24-18-11-6-9-15-8-4-5-10-16(15)18/h4-6,8-11,14,19H,7,12-13H2,1-3H3,(H2,24,25,27). The van der Waals surface area contributed by atoms with E-state index in [2.05, 4.69) is 41.2 Å². The molecule has 27 heavy (non-hydrogen) atoms. The van der Waals surface area contributed by atoms with Gasteiger partial charge in [-0.3, -0.25) is 4.68 Å². The largest absolute Gasteiger partial charge is 0.331 e. The topological polar surface area (TPSA) is 59.0 Å². The van der Waals surface area contributed by atoms with E-state index in [1.807, 2.05) is 48.7 Å². The normalized spacial score (nSPS) is 16.8. The number of nitrogens with zero attached hydrogens (tertiary/aromatic N) is 2. The molecule has 0 spiro atoms. The number of hydrogen-bond acceptors (Lipinski definition) is 2. The summed E-state index contributed by atoms with van der Waals surface area (Å²) in [6.07, 6.45) is 4.91. The first-order chi connectivity index (χ1) is 12.9. The van der Waals surface area contributed by atoms with Crippen LogP contribution < -0.4 is 10.6 Å². The van der Waals surface area contributed by atoms with E-state index < -0.39 is 0 Å². The molecule has 0 radical (unpaired) electrons. The van der Waals surface area contributed by atoms with E-state index in [0.717, 1.165) is 41.3 Å². The second-order valence-corrected chi connectivity index (χ2v) is 8.20. The van der Waals surface area contributed by atoms with Gasteiger partial charge in [0.2, 0.25) is 0 Å². The summed E-state index contributed by atoms with van der Waals surface area (Å²) in [5, 5.41) is 12.9. The van der Waals surface area contributed by atoms with Gasteiger partial charge in [-0.2, -0.15) is 5.10 Å². The Labute approximate surface area is 159 Å². The summed E-state index contributed by atoms with van der Waals surface area (Å²) < 4.78 is 2.10. The second-order valence-electron chi connectivity index (χ2n) is 8.20. The van der Waals surface area contributed by atoms with Crippen molar-refractivity contribution in [1.82, 2.24) is 15.1 Å². The van der Waals surface area contributed by atoms with Crippen LogP contribution in [0.3, 0.4) is 0 Å². The highest BCUT2D eigenvalue weighted by Crippen LogP contribution is 2.32. The van der Waals surface area contributed by atoms with Gasteiger partial charge in [0.05, 0.1) is 23.5 Å². The Morgan fingerprint density at radius 3 is 2.74 bits per heavy atom. The lowest BCUT2D eigenvalue weighted by atomic mass is 9.92. The van der Waals surface area contributed by atoms with E-state index in [1.54, 1.807) is 0 Å². The minimum atomic E-state index is -0.173. The van der Waals surface area contributed by atoms with Crippen molar-refractivity contribution in [3.63, 3.8) is 0 Å². The molecular weight excluding hydrogens is 336 g/mol. The molecule has 5 heteroatoms. The van der Waals surface area contributed by atoms with Crippen molar-refractivity contribution in [2.75, 3.05) is 5.32 Å². The van der Waals surface area contributed by atoms with Gasteiger partial charge >= 0.3 is 6.03 Å². The first-order valence-corrected chi connectivity index (χ1v) is 9.56. The number of urea groups is 1. The van der Waals surface area contributed by atoms with E-state index >= 15 is 0 Å². The average molecular weight is 362 g/mol. The highest BCUT2D eigenvalue weighted by Gasteiger charge is 2.29. The summed E-state index contributed by atoms with van der Waals surface area (Å²) in [4.78, 5) is 12.7. The van der Waals surface area contributed by atoms with Crippen LogP contribution in [0.15, 0.2) is 48.7 Å². The number of carbonyl (C=O) groups excluding carboxylic acids is 1. The molecule has 1 aliphatic rings. The van der Waals surface area contributed by atoms with Gasteiger partial charge < -0.3 is 10.6 Å². The van der Waals surface area contributed by atoms with Crippen LogP contribution in [0.2, 0.25) is 0 Å². The van der Waals surface area contributed by atoms with Gasteiger partial charge in [-0.15, -0.1) is 0 Å². The third-order valence-corrected chi connectivity index (χ3v) is 5.16. The Kier molecular flexibility index (Phi) is 4.38. The highest BCUT2D eigenvalue weighted by atomic mass is 16.2. The third kappa shape index (κ3) is 3.42. The molecule has 2 N–H and O–H groups in total. The number of benzene rings is 2. The maximum Gasteiger partial charge on any atom is 0.319 e. The second kappa shape index (κ2) is 6.72. The minimum absolute atomic E-state index is 0.000161. The summed E-state index contributed by atoms with van der Waals surface area (Å²) in [6.45, 7) is 6.47. The van der Waals surface area contributed by atoms with Crippen LogP contribution in [-0.2, 0) is 12.0 Å². The molecule has 1 aromatic heterocycles. The first kappa shape index (κ1) is 17.6. The van der Waals surface area contributed by atoms with Gasteiger partial charge in [0.15, 0.2) is 0 Å². The van der Waals surface area contributed by atoms with Crippen molar-refractivity contribution in [2.45, 2.75) is 51.6 Å². The van der Waals surface area contributed by atoms with Crippen molar-refractivity contribution in [3.8, 4) is 0 Å². The summed E-state index contributed by atoms with van der Waals surface area (Å²) >= 11 is 0. The Bertz CT molecular complexity index is 978. The highest BCUT2D eigenvalue weighted by molar-refractivity contribution is 6.01. The molecule has 0 bridgehead atoms. The Morgan fingerprint density at radius 1 is 1.15 bits per heavy atom. The van der Waals surface area contributed by atoms with Gasteiger partial charge in [-0.25, -0.2) is 4.79 Å². The lowest BCUT2D eigenvalue weighted by molar-refractivity contribution is 0.247. The number of hydrogen-bond donors (Lipinski definition) is 2. The summed E-state index contributed by atoms with van der Waals surface area (Å²) in [5.41, 5.74) is 3.15. The SMILES string of the molecule is CC(C)(C)n1ncc2c1CCCC2NC(=O)Nc1cccc2ccccc12. The fourth-order valence-electron chi connectivity index (χ4n) is 3.94. The predicted molar refractivity (Wildman–Crippen MR) is 109 cm³/mol. The molecule has 0 fully saturated rings. The van der Waals surface area contributed by atoms with Crippen LogP contribution in [0.5, 0.6) is 0 Å². The van der Waals surface area contributed by atoms with Gasteiger partial charge in [0, 0.05) is 16.6 Å². The number of rotatable bonds is 2. The molecule has 0 aliphatic heterocycles. The fraction of sp³-hybridized carbons (Fsp3) is 0.364. The molecule has 5 nitrogen and oxygen atoms in total. The molecule has 1 aliphatic carbocycles. The molecule has 3 aromatic rings. The van der Waals surface area contributed by atoms with Gasteiger partial charge in [0.25, 0.3) is 0 Å². The minimum Gasteiger partial charge on any atom is -0.331 e. The summed E-state index contributed by atoms with van der Waals surface area (Å²) in [6, 6.07) is 13.8. The van der Waals surface area contributed by atoms with Gasteiger partial charge in [-0.05, 0) is 51.5 Å². The number of anilines is 1. The number of nitrogens with one attached hydrogen (secondary N) is 2. The molecule has 0 saturated carbocycles. The molecule has 0 saturated heterocycles. The smallest absolute Gasteiger partial charge is 0.319 e. The van der Waals surface area contributed by atoms with Crippen LogP contribution in [-0.4, -0.2) is 15.8 Å². The zero-order valence-electron chi connectivity index (χ0n) is 16.1. The number of aromatic nitrogens is 2. The van der Waals surface area contributed by atoms with Gasteiger partial charge in [0.1, 0.15) is 0 Å². The average Bonchev–Trinajstić information content (AvgIpc) is 3.07. The van der Waals surface area contributed by atoms with E-state index in [4.69, 9.17) is 0 Å². The molecule has 2 amide bonds. The molecule has 4 rings (SSSR count). The van der Waals surface area contributed by atoms with Crippen LogP contribution in [0, 0.1) is 0 Å². The van der Waals surface area contributed by atoms with Crippen LogP contribution in [0.1, 0.15) is 50.9 Å². The number of fused-ring (bicyclic) bond motifs is 2. The monoisotopic (exact) mass is 362 g/mol. The van der Waals surface area contributed by atoms with E-state index in [0.29, 0.717) is 0 Å². The maximum absolute atomic E-state index is 12.7. The Hall–Kier alpha value is -2.82. The number of amides is 2. The molecule has 1 atom stereocenters. The van der Waals surface area contributed by atoms with Crippen molar-refractivity contribution < 1.29 is 4.79 Å². The third-order valence-electron chi connectivity index (χ3n) is 5.16. The van der Waals surface area contributed by atoms with Crippen molar-refractivity contribution in [1.29, 1.82) is 0 Å². The van der Waals surface area contributed by atoms with Crippen molar-refractivity contribution in [2.24, 2.45) is 0 Å². The quantitative estimate of drug-likeness (QED) is 0.675. The van der Waals surface area contributed by atoms with E-state index in [-0.39, 0.29) is 17.6 Å². The molecule has 1 heterocycles. The van der Waals surface area contributed by atoms with Crippen LogP contribution in [0.4, 0.5) is 10.5 Å². The first-order valence-electron chi connectivity index (χ1n) is 9.56. The van der Waals surface area contributed by atoms with Crippen LogP contribution in [0.25, 0.3) is 10.8 Å². The lowest BCUT2D eigenvalue weighted by Gasteiger charge is -2.28. The zero-order valence-corrected chi connectivity index (χ0v) is 16.1. The molecule has 1 unspecified atom stereocenters. The maximum atomic E-state index is 12.7. The molecule has 2 aromatic carbocycles. The Morgan fingerprint density at radius 2 is 1.93 bits per heavy atom. The predicted octanol–water partition coefficient (Wildman–Crippen LogP) is 4.99. The van der Waals surface area contributed by atoms with Crippen molar-refractivity contribution >= 4 is 22.5 Å². The Balaban J connectivity index is 1.54. The lowest BCUT2D eigenvalue weighted by Crippen LogP contribution is -2.35. The number of carbonyl (C=O) groups is 1. The van der Waals surface area contributed by atoms with E-state index in [9.17, 15) is 4.79 Å². The summed E-state index contributed by atoms with van der Waals surface area (Å²) in [7, 11) is 0. The van der Waals surface area contributed by atoms with Crippen molar-refractivity contribution in [3.05, 3.63) is 59.9 Å².